The van der Waals surface area contributed by atoms with Crippen molar-refractivity contribution in [3.8, 4) is 0 Å². The van der Waals surface area contributed by atoms with Crippen LogP contribution in [-0.2, 0) is 22.8 Å². The van der Waals surface area contributed by atoms with Crippen LogP contribution in [0.25, 0.3) is 0 Å². The minimum atomic E-state index is -3.64. The first-order chi connectivity index (χ1) is 11.5. The third-order valence-corrected chi connectivity index (χ3v) is 4.97. The standard InChI is InChI=1S/C16H18N4O3S/c1-12-10-23-18-14(12)11-24(21,22)19-15(13-6-4-3-5-7-13)16-17-8-9-20(16)2/h3-10,15,19H,11H2,1-2H3. The summed E-state index contributed by atoms with van der Waals surface area (Å²) >= 11 is 0. The smallest absolute Gasteiger partial charge is 0.218 e. The van der Waals surface area contributed by atoms with E-state index < -0.39 is 16.1 Å². The minimum Gasteiger partial charge on any atom is -0.364 e. The van der Waals surface area contributed by atoms with Crippen molar-refractivity contribution in [2.75, 3.05) is 0 Å². The molecule has 126 valence electrons. The van der Waals surface area contributed by atoms with Crippen molar-refractivity contribution >= 4 is 10.0 Å². The summed E-state index contributed by atoms with van der Waals surface area (Å²) in [7, 11) is -1.82. The van der Waals surface area contributed by atoms with Crippen LogP contribution in [0, 0.1) is 6.92 Å². The molecule has 0 aliphatic heterocycles. The summed E-state index contributed by atoms with van der Waals surface area (Å²) in [5.74, 6) is 0.366. The number of nitrogens with zero attached hydrogens (tertiary/aromatic N) is 3. The van der Waals surface area contributed by atoms with Gasteiger partial charge in [0, 0.05) is 25.0 Å². The monoisotopic (exact) mass is 346 g/mol. The summed E-state index contributed by atoms with van der Waals surface area (Å²) in [6.45, 7) is 1.76. The van der Waals surface area contributed by atoms with Gasteiger partial charge >= 0.3 is 0 Å². The van der Waals surface area contributed by atoms with Gasteiger partial charge in [0.05, 0.1) is 0 Å². The zero-order chi connectivity index (χ0) is 17.2. The fourth-order valence-corrected chi connectivity index (χ4v) is 3.75. The summed E-state index contributed by atoms with van der Waals surface area (Å²) in [6.07, 6.45) is 4.85. The molecule has 3 aromatic rings. The zero-order valence-corrected chi connectivity index (χ0v) is 14.2. The number of aryl methyl sites for hydroxylation is 2. The number of benzene rings is 1. The second-order valence-electron chi connectivity index (χ2n) is 5.56. The molecule has 0 amide bonds. The molecule has 1 unspecified atom stereocenters. The molecule has 3 rings (SSSR count). The van der Waals surface area contributed by atoms with Gasteiger partial charge in [-0.3, -0.25) is 0 Å². The highest BCUT2D eigenvalue weighted by Gasteiger charge is 2.25. The van der Waals surface area contributed by atoms with Gasteiger partial charge in [0.25, 0.3) is 0 Å². The van der Waals surface area contributed by atoms with E-state index in [9.17, 15) is 8.42 Å². The van der Waals surface area contributed by atoms with E-state index in [4.69, 9.17) is 4.52 Å². The van der Waals surface area contributed by atoms with Gasteiger partial charge in [-0.25, -0.2) is 13.4 Å². The van der Waals surface area contributed by atoms with Crippen LogP contribution < -0.4 is 4.72 Å². The molecule has 0 fully saturated rings. The summed E-state index contributed by atoms with van der Waals surface area (Å²) < 4.78 is 34.6. The molecule has 24 heavy (non-hydrogen) atoms. The van der Waals surface area contributed by atoms with Crippen molar-refractivity contribution in [1.29, 1.82) is 0 Å². The summed E-state index contributed by atoms with van der Waals surface area (Å²) in [4.78, 5) is 4.29. The van der Waals surface area contributed by atoms with Crippen LogP contribution in [0.15, 0.2) is 53.5 Å². The second-order valence-corrected chi connectivity index (χ2v) is 7.32. The van der Waals surface area contributed by atoms with Crippen LogP contribution in [0.4, 0.5) is 0 Å². The average Bonchev–Trinajstić information content (AvgIpc) is 3.14. The Kier molecular flexibility index (Phi) is 4.50. The first-order valence-corrected chi connectivity index (χ1v) is 9.03. The largest absolute Gasteiger partial charge is 0.364 e. The molecule has 0 saturated heterocycles. The Hall–Kier alpha value is -2.45. The predicted octanol–water partition coefficient (Wildman–Crippen LogP) is 1.93. The number of imidazole rings is 1. The van der Waals surface area contributed by atoms with Gasteiger partial charge in [0.15, 0.2) is 0 Å². The molecule has 0 bridgehead atoms. The highest BCUT2D eigenvalue weighted by atomic mass is 32.2. The summed E-state index contributed by atoms with van der Waals surface area (Å²) in [5, 5.41) is 3.75. The third-order valence-electron chi connectivity index (χ3n) is 3.72. The number of aromatic nitrogens is 3. The number of hydrogen-bond donors (Lipinski definition) is 1. The van der Waals surface area contributed by atoms with Gasteiger partial charge in [-0.15, -0.1) is 0 Å². The molecule has 1 N–H and O–H groups in total. The molecule has 0 aliphatic rings. The van der Waals surface area contributed by atoms with Crippen LogP contribution >= 0.6 is 0 Å². The maximum Gasteiger partial charge on any atom is 0.218 e. The van der Waals surface area contributed by atoms with E-state index in [1.54, 1.807) is 23.9 Å². The van der Waals surface area contributed by atoms with Gasteiger partial charge < -0.3 is 9.09 Å². The van der Waals surface area contributed by atoms with Crippen LogP contribution in [0.2, 0.25) is 0 Å². The van der Waals surface area contributed by atoms with Crippen LogP contribution in [0.1, 0.15) is 28.7 Å². The van der Waals surface area contributed by atoms with Crippen molar-refractivity contribution in [3.05, 3.63) is 71.6 Å². The Bertz CT molecular complexity index is 916. The second kappa shape index (κ2) is 6.58. The Morgan fingerprint density at radius 1 is 1.29 bits per heavy atom. The molecule has 0 radical (unpaired) electrons. The van der Waals surface area contributed by atoms with Gasteiger partial charge in [-0.2, -0.15) is 4.72 Å². The van der Waals surface area contributed by atoms with Crippen molar-refractivity contribution in [2.24, 2.45) is 7.05 Å². The molecule has 0 spiro atoms. The maximum absolute atomic E-state index is 12.6. The van der Waals surface area contributed by atoms with E-state index in [-0.39, 0.29) is 5.75 Å². The molecular formula is C16H18N4O3S. The first-order valence-electron chi connectivity index (χ1n) is 7.38. The van der Waals surface area contributed by atoms with Gasteiger partial charge in [-0.1, -0.05) is 35.5 Å². The van der Waals surface area contributed by atoms with Gasteiger partial charge in [0.1, 0.15) is 29.6 Å². The zero-order valence-electron chi connectivity index (χ0n) is 13.4. The van der Waals surface area contributed by atoms with Gasteiger partial charge in [-0.05, 0) is 12.5 Å². The highest BCUT2D eigenvalue weighted by Crippen LogP contribution is 2.22. The fourth-order valence-electron chi connectivity index (χ4n) is 2.42. The lowest BCUT2D eigenvalue weighted by Gasteiger charge is -2.19. The number of nitrogens with one attached hydrogen (secondary N) is 1. The molecular weight excluding hydrogens is 328 g/mol. The molecule has 1 aromatic carbocycles. The van der Waals surface area contributed by atoms with E-state index in [2.05, 4.69) is 14.9 Å². The summed E-state index contributed by atoms with van der Waals surface area (Å²) in [6, 6.07) is 8.75. The predicted molar refractivity (Wildman–Crippen MR) is 88.5 cm³/mol. The molecule has 8 heteroatoms. The van der Waals surface area contributed by atoms with Crippen LogP contribution in [0.5, 0.6) is 0 Å². The minimum absolute atomic E-state index is 0.247. The van der Waals surface area contributed by atoms with E-state index >= 15 is 0 Å². The van der Waals surface area contributed by atoms with E-state index in [0.717, 1.165) is 5.56 Å². The number of rotatable bonds is 6. The Balaban J connectivity index is 1.92. The molecule has 0 aliphatic carbocycles. The van der Waals surface area contributed by atoms with E-state index in [1.165, 1.54) is 6.26 Å². The fraction of sp³-hybridized carbons (Fsp3) is 0.250. The lowest BCUT2D eigenvalue weighted by molar-refractivity contribution is 0.413. The topological polar surface area (TPSA) is 90.0 Å². The first kappa shape index (κ1) is 16.4. The van der Waals surface area contributed by atoms with Crippen molar-refractivity contribution < 1.29 is 12.9 Å². The Morgan fingerprint density at radius 2 is 2.04 bits per heavy atom. The number of sulfonamides is 1. The molecule has 0 saturated carbocycles. The van der Waals surface area contributed by atoms with Crippen molar-refractivity contribution in [3.63, 3.8) is 0 Å². The summed E-state index contributed by atoms with van der Waals surface area (Å²) in [5.41, 5.74) is 1.91. The molecule has 7 nitrogen and oxygen atoms in total. The lowest BCUT2D eigenvalue weighted by atomic mass is 10.1. The van der Waals surface area contributed by atoms with Crippen molar-refractivity contribution in [2.45, 2.75) is 18.7 Å². The Morgan fingerprint density at radius 3 is 2.62 bits per heavy atom. The number of hydrogen-bond acceptors (Lipinski definition) is 5. The average molecular weight is 346 g/mol. The molecule has 2 heterocycles. The van der Waals surface area contributed by atoms with Crippen molar-refractivity contribution in [1.82, 2.24) is 19.4 Å². The third kappa shape index (κ3) is 3.55. The SMILES string of the molecule is Cc1conc1CS(=O)(=O)NC(c1ccccc1)c1nccn1C. The Labute approximate surface area is 140 Å². The van der Waals surface area contributed by atoms with Crippen LogP contribution in [-0.4, -0.2) is 23.1 Å². The lowest BCUT2D eigenvalue weighted by Crippen LogP contribution is -2.32. The van der Waals surface area contributed by atoms with Crippen LogP contribution in [0.3, 0.4) is 0 Å². The quantitative estimate of drug-likeness (QED) is 0.736. The van der Waals surface area contributed by atoms with E-state index in [1.807, 2.05) is 37.4 Å². The normalized spacial score (nSPS) is 13.1. The maximum atomic E-state index is 12.6. The van der Waals surface area contributed by atoms with Gasteiger partial charge in [0.2, 0.25) is 10.0 Å². The molecule has 2 aromatic heterocycles. The highest BCUT2D eigenvalue weighted by molar-refractivity contribution is 7.88. The van der Waals surface area contributed by atoms with E-state index in [0.29, 0.717) is 17.1 Å². The molecule has 1 atom stereocenters.